The minimum absolute atomic E-state index is 0.0423. The third-order valence-corrected chi connectivity index (χ3v) is 2.28. The molecule has 0 amide bonds. The molecule has 0 aliphatic rings. The van der Waals surface area contributed by atoms with Gasteiger partial charge >= 0.3 is 0 Å². The van der Waals surface area contributed by atoms with Gasteiger partial charge in [0.1, 0.15) is 36.9 Å². The van der Waals surface area contributed by atoms with E-state index in [9.17, 15) is 0 Å². The van der Waals surface area contributed by atoms with Crippen molar-refractivity contribution >= 4 is 5.69 Å². The van der Waals surface area contributed by atoms with Gasteiger partial charge in [-0.3, -0.25) is 0 Å². The summed E-state index contributed by atoms with van der Waals surface area (Å²) in [6, 6.07) is 4.64. The second-order valence-corrected chi connectivity index (χ2v) is 3.99. The number of nitrogens with two attached hydrogens (primary N) is 1. The maximum atomic E-state index is 9.15. The highest BCUT2D eigenvalue weighted by Gasteiger charge is 2.08. The molecule has 2 unspecified atom stereocenters. The van der Waals surface area contributed by atoms with E-state index in [1.165, 1.54) is 6.07 Å². The number of aliphatic hydroxyl groups is 4. The van der Waals surface area contributed by atoms with Gasteiger partial charge in [-0.25, -0.2) is 0 Å². The van der Waals surface area contributed by atoms with Crippen molar-refractivity contribution in [2.75, 3.05) is 32.2 Å². The van der Waals surface area contributed by atoms with E-state index in [1.807, 2.05) is 0 Å². The molecule has 0 spiro atoms. The van der Waals surface area contributed by atoms with Crippen molar-refractivity contribution in [2.45, 2.75) is 12.2 Å². The lowest BCUT2D eigenvalue weighted by Gasteiger charge is -2.14. The summed E-state index contributed by atoms with van der Waals surface area (Å²) >= 11 is 0. The van der Waals surface area contributed by atoms with Gasteiger partial charge in [-0.1, -0.05) is 0 Å². The number of ether oxygens (including phenoxy) is 2. The van der Waals surface area contributed by atoms with E-state index in [-0.39, 0.29) is 26.4 Å². The van der Waals surface area contributed by atoms with Crippen LogP contribution in [0.2, 0.25) is 0 Å². The fraction of sp³-hybridized carbons (Fsp3) is 0.500. The number of aliphatic hydroxyl groups excluding tert-OH is 4. The summed E-state index contributed by atoms with van der Waals surface area (Å²) in [5, 5.41) is 35.6. The highest BCUT2D eigenvalue weighted by molar-refractivity contribution is 5.56. The standard InChI is InChI=1S/C12H19NO6/c13-11-3-10(18-6-8(16)4-14)1-2-12(11)19-7-9(17)5-15/h1-3,8-9,14-17H,4-7,13H2. The topological polar surface area (TPSA) is 125 Å². The average molecular weight is 273 g/mol. The normalized spacial score (nSPS) is 13.9. The highest BCUT2D eigenvalue weighted by atomic mass is 16.5. The largest absolute Gasteiger partial charge is 0.491 e. The lowest BCUT2D eigenvalue weighted by molar-refractivity contribution is 0.0526. The Morgan fingerprint density at radius 2 is 1.58 bits per heavy atom. The molecule has 7 heteroatoms. The minimum atomic E-state index is -0.963. The fourth-order valence-corrected chi connectivity index (χ4v) is 1.23. The molecule has 0 heterocycles. The van der Waals surface area contributed by atoms with Gasteiger partial charge in [0.2, 0.25) is 0 Å². The lowest BCUT2D eigenvalue weighted by Crippen LogP contribution is -2.22. The van der Waals surface area contributed by atoms with Crippen molar-refractivity contribution in [3.05, 3.63) is 18.2 Å². The quantitative estimate of drug-likeness (QED) is 0.374. The third-order valence-electron chi connectivity index (χ3n) is 2.28. The van der Waals surface area contributed by atoms with Crippen LogP contribution in [-0.2, 0) is 0 Å². The molecule has 0 radical (unpaired) electrons. The molecule has 0 aromatic heterocycles. The molecule has 0 bridgehead atoms. The van der Waals surface area contributed by atoms with Crippen molar-refractivity contribution in [3.63, 3.8) is 0 Å². The molecule has 0 fully saturated rings. The number of benzene rings is 1. The van der Waals surface area contributed by atoms with E-state index in [0.717, 1.165) is 0 Å². The summed E-state index contributed by atoms with van der Waals surface area (Å²) in [7, 11) is 0. The number of hydrogen-bond donors (Lipinski definition) is 5. The predicted octanol–water partition coefficient (Wildman–Crippen LogP) is -1.27. The zero-order valence-electron chi connectivity index (χ0n) is 10.4. The van der Waals surface area contributed by atoms with E-state index >= 15 is 0 Å². The van der Waals surface area contributed by atoms with E-state index in [1.54, 1.807) is 12.1 Å². The Hall–Kier alpha value is -1.54. The van der Waals surface area contributed by atoms with Crippen molar-refractivity contribution in [3.8, 4) is 11.5 Å². The molecule has 2 atom stereocenters. The molecule has 0 saturated heterocycles. The summed E-state index contributed by atoms with van der Waals surface area (Å²) in [6.07, 6.45) is -1.91. The van der Waals surface area contributed by atoms with Crippen LogP contribution in [0.1, 0.15) is 0 Å². The van der Waals surface area contributed by atoms with E-state index in [2.05, 4.69) is 0 Å². The first-order valence-corrected chi connectivity index (χ1v) is 5.79. The maximum Gasteiger partial charge on any atom is 0.142 e. The van der Waals surface area contributed by atoms with Crippen molar-refractivity contribution in [2.24, 2.45) is 0 Å². The predicted molar refractivity (Wildman–Crippen MR) is 68.0 cm³/mol. The monoisotopic (exact) mass is 273 g/mol. The van der Waals surface area contributed by atoms with Crippen molar-refractivity contribution in [1.29, 1.82) is 0 Å². The average Bonchev–Trinajstić information content (AvgIpc) is 2.43. The lowest BCUT2D eigenvalue weighted by atomic mass is 10.2. The van der Waals surface area contributed by atoms with Crippen molar-refractivity contribution in [1.82, 2.24) is 0 Å². The van der Waals surface area contributed by atoms with Gasteiger partial charge in [-0.2, -0.15) is 0 Å². The van der Waals surface area contributed by atoms with Crippen LogP contribution >= 0.6 is 0 Å². The van der Waals surface area contributed by atoms with Crippen LogP contribution in [0.5, 0.6) is 11.5 Å². The van der Waals surface area contributed by atoms with E-state index in [4.69, 9.17) is 35.6 Å². The molecule has 1 aromatic rings. The van der Waals surface area contributed by atoms with Gasteiger partial charge in [0, 0.05) is 6.07 Å². The number of nitrogen functional groups attached to an aromatic ring is 1. The van der Waals surface area contributed by atoms with Crippen LogP contribution in [0.25, 0.3) is 0 Å². The van der Waals surface area contributed by atoms with Crippen LogP contribution in [0.4, 0.5) is 5.69 Å². The van der Waals surface area contributed by atoms with Crippen LogP contribution in [0.15, 0.2) is 18.2 Å². The molecular weight excluding hydrogens is 254 g/mol. The van der Waals surface area contributed by atoms with Crippen LogP contribution in [-0.4, -0.2) is 59.1 Å². The molecular formula is C12H19NO6. The number of hydrogen-bond acceptors (Lipinski definition) is 7. The molecule has 0 saturated carbocycles. The van der Waals surface area contributed by atoms with E-state index in [0.29, 0.717) is 17.2 Å². The number of anilines is 1. The molecule has 1 rings (SSSR count). The summed E-state index contributed by atoms with van der Waals surface area (Å²) in [4.78, 5) is 0. The Labute approximate surface area is 110 Å². The van der Waals surface area contributed by atoms with Crippen molar-refractivity contribution < 1.29 is 29.9 Å². The Bertz CT molecular complexity index is 386. The smallest absolute Gasteiger partial charge is 0.142 e. The summed E-state index contributed by atoms with van der Waals surface area (Å²) in [5.74, 6) is 0.794. The summed E-state index contributed by atoms with van der Waals surface area (Å²) in [6.45, 7) is -0.876. The van der Waals surface area contributed by atoms with Gasteiger partial charge in [-0.05, 0) is 12.1 Å². The minimum Gasteiger partial charge on any atom is -0.491 e. The van der Waals surface area contributed by atoms with Gasteiger partial charge < -0.3 is 35.6 Å². The van der Waals surface area contributed by atoms with Crippen LogP contribution < -0.4 is 15.2 Å². The Kier molecular flexibility index (Phi) is 6.37. The van der Waals surface area contributed by atoms with E-state index < -0.39 is 12.2 Å². The fourth-order valence-electron chi connectivity index (χ4n) is 1.23. The first kappa shape index (κ1) is 15.5. The third kappa shape index (κ3) is 5.31. The van der Waals surface area contributed by atoms with Crippen LogP contribution in [0, 0.1) is 0 Å². The summed E-state index contributed by atoms with van der Waals surface area (Å²) < 4.78 is 10.4. The first-order valence-electron chi connectivity index (χ1n) is 5.79. The van der Waals surface area contributed by atoms with Gasteiger partial charge in [0.25, 0.3) is 0 Å². The van der Waals surface area contributed by atoms with Crippen LogP contribution in [0.3, 0.4) is 0 Å². The van der Waals surface area contributed by atoms with Gasteiger partial charge in [-0.15, -0.1) is 0 Å². The zero-order valence-corrected chi connectivity index (χ0v) is 10.4. The Morgan fingerprint density at radius 3 is 2.11 bits per heavy atom. The molecule has 108 valence electrons. The Balaban J connectivity index is 2.54. The molecule has 7 nitrogen and oxygen atoms in total. The van der Waals surface area contributed by atoms with Gasteiger partial charge in [0.05, 0.1) is 18.9 Å². The second-order valence-electron chi connectivity index (χ2n) is 3.99. The first-order chi connectivity index (χ1) is 9.06. The molecule has 1 aromatic carbocycles. The molecule has 6 N–H and O–H groups in total. The zero-order chi connectivity index (χ0) is 14.3. The second kappa shape index (κ2) is 7.80. The number of rotatable bonds is 8. The summed E-state index contributed by atoms with van der Waals surface area (Å²) in [5.41, 5.74) is 6.03. The molecule has 0 aliphatic carbocycles. The SMILES string of the molecule is Nc1cc(OCC(O)CO)ccc1OCC(O)CO. The Morgan fingerprint density at radius 1 is 1.00 bits per heavy atom. The molecule has 19 heavy (non-hydrogen) atoms. The highest BCUT2D eigenvalue weighted by Crippen LogP contribution is 2.26. The molecule has 0 aliphatic heterocycles. The van der Waals surface area contributed by atoms with Gasteiger partial charge in [0.15, 0.2) is 0 Å². The maximum absolute atomic E-state index is 9.15.